The van der Waals surface area contributed by atoms with Gasteiger partial charge in [0.05, 0.1) is 12.3 Å². The Hall–Kier alpha value is -1.77. The predicted octanol–water partition coefficient (Wildman–Crippen LogP) is 4.43. The third kappa shape index (κ3) is 6.62. The van der Waals surface area contributed by atoms with E-state index in [0.29, 0.717) is 12.5 Å². The number of aromatic nitrogens is 1. The molecule has 0 unspecified atom stereocenters. The minimum atomic E-state index is 0. The first-order valence-electron chi connectivity index (χ1n) is 10.5. The minimum Gasteiger partial charge on any atom is -0.493 e. The van der Waals surface area contributed by atoms with Crippen molar-refractivity contribution in [1.29, 1.82) is 0 Å². The molecule has 0 bridgehead atoms. The van der Waals surface area contributed by atoms with E-state index in [1.807, 2.05) is 6.07 Å². The van der Waals surface area contributed by atoms with E-state index >= 15 is 0 Å². The lowest BCUT2D eigenvalue weighted by atomic mass is 9.99. The summed E-state index contributed by atoms with van der Waals surface area (Å²) in [5, 5.41) is 10.9. The Morgan fingerprint density at radius 3 is 2.76 bits per heavy atom. The number of hydrogen-bond acceptors (Lipinski definition) is 4. The molecule has 0 atom stereocenters. The van der Waals surface area contributed by atoms with Gasteiger partial charge in [0.15, 0.2) is 11.7 Å². The summed E-state index contributed by atoms with van der Waals surface area (Å²) >= 11 is 0. The van der Waals surface area contributed by atoms with E-state index in [0.717, 1.165) is 68.5 Å². The topological polar surface area (TPSA) is 71.7 Å². The van der Waals surface area contributed by atoms with Crippen molar-refractivity contribution in [2.45, 2.75) is 58.9 Å². The maximum atomic E-state index is 5.57. The fourth-order valence-electron chi connectivity index (χ4n) is 3.52. The van der Waals surface area contributed by atoms with E-state index in [4.69, 9.17) is 9.26 Å². The Bertz CT molecular complexity index is 787. The van der Waals surface area contributed by atoms with Gasteiger partial charge in [0, 0.05) is 31.5 Å². The van der Waals surface area contributed by atoms with Crippen molar-refractivity contribution in [3.05, 3.63) is 46.8 Å². The summed E-state index contributed by atoms with van der Waals surface area (Å²) in [7, 11) is 0. The molecule has 1 aromatic carbocycles. The molecule has 7 heteroatoms. The fraction of sp³-hybridized carbons (Fsp3) is 0.545. The van der Waals surface area contributed by atoms with Crippen molar-refractivity contribution in [3.63, 3.8) is 0 Å². The van der Waals surface area contributed by atoms with Crippen LogP contribution in [0.4, 0.5) is 0 Å². The third-order valence-corrected chi connectivity index (χ3v) is 5.18. The van der Waals surface area contributed by atoms with Gasteiger partial charge < -0.3 is 19.9 Å². The van der Waals surface area contributed by atoms with Crippen LogP contribution in [0, 0.1) is 0 Å². The van der Waals surface area contributed by atoms with Crippen molar-refractivity contribution in [3.8, 4) is 5.75 Å². The first kappa shape index (κ1) is 23.5. The largest absolute Gasteiger partial charge is 0.493 e. The Kier molecular flexibility index (Phi) is 9.76. The van der Waals surface area contributed by atoms with Crippen LogP contribution in [0.1, 0.15) is 62.1 Å². The zero-order valence-corrected chi connectivity index (χ0v) is 20.0. The maximum absolute atomic E-state index is 5.57. The molecule has 0 amide bonds. The standard InChI is InChI=1S/C22H32N4O2.HI/c1-4-17(5-2)20-14-19(28-26-20)15-25-22(23-6-3)24-11-9-16-7-8-21-18(13-16)10-12-27-21;/h7-8,13-14,17H,4-6,9-12,15H2,1-3H3,(H2,23,24,25);1H. The first-order chi connectivity index (χ1) is 13.7. The lowest BCUT2D eigenvalue weighted by Crippen LogP contribution is -2.38. The highest BCUT2D eigenvalue weighted by Gasteiger charge is 2.13. The Morgan fingerprint density at radius 2 is 2.00 bits per heavy atom. The zero-order chi connectivity index (χ0) is 19.8. The van der Waals surface area contributed by atoms with Crippen LogP contribution in [0.25, 0.3) is 0 Å². The molecule has 0 saturated heterocycles. The van der Waals surface area contributed by atoms with Crippen molar-refractivity contribution < 1.29 is 9.26 Å². The average molecular weight is 512 g/mol. The summed E-state index contributed by atoms with van der Waals surface area (Å²) in [6.07, 6.45) is 4.10. The molecule has 29 heavy (non-hydrogen) atoms. The van der Waals surface area contributed by atoms with Gasteiger partial charge in [0.2, 0.25) is 0 Å². The number of nitrogens with zero attached hydrogens (tertiary/aromatic N) is 2. The molecule has 2 heterocycles. The van der Waals surface area contributed by atoms with E-state index in [1.165, 1.54) is 11.1 Å². The monoisotopic (exact) mass is 512 g/mol. The summed E-state index contributed by atoms with van der Waals surface area (Å²) < 4.78 is 11.0. The highest BCUT2D eigenvalue weighted by molar-refractivity contribution is 14.0. The van der Waals surface area contributed by atoms with Crippen LogP contribution < -0.4 is 15.4 Å². The summed E-state index contributed by atoms with van der Waals surface area (Å²) in [5.41, 5.74) is 3.67. The number of benzene rings is 1. The zero-order valence-electron chi connectivity index (χ0n) is 17.7. The molecule has 1 aromatic heterocycles. The number of hydrogen-bond donors (Lipinski definition) is 2. The molecular formula is C22H33IN4O2. The van der Waals surface area contributed by atoms with Crippen LogP contribution in [-0.2, 0) is 19.4 Å². The van der Waals surface area contributed by atoms with E-state index < -0.39 is 0 Å². The molecular weight excluding hydrogens is 479 g/mol. The minimum absolute atomic E-state index is 0. The van der Waals surface area contributed by atoms with E-state index in [1.54, 1.807) is 0 Å². The Balaban J connectivity index is 0.00000300. The molecule has 6 nitrogen and oxygen atoms in total. The van der Waals surface area contributed by atoms with Gasteiger partial charge in [-0.1, -0.05) is 31.1 Å². The van der Waals surface area contributed by atoms with Gasteiger partial charge in [-0.2, -0.15) is 0 Å². The van der Waals surface area contributed by atoms with Gasteiger partial charge >= 0.3 is 0 Å². The lowest BCUT2D eigenvalue weighted by Gasteiger charge is -2.11. The Labute approximate surface area is 190 Å². The maximum Gasteiger partial charge on any atom is 0.191 e. The molecule has 1 aliphatic heterocycles. The highest BCUT2D eigenvalue weighted by Crippen LogP contribution is 2.26. The van der Waals surface area contributed by atoms with E-state index in [-0.39, 0.29) is 24.0 Å². The van der Waals surface area contributed by atoms with E-state index in [9.17, 15) is 0 Å². The summed E-state index contributed by atoms with van der Waals surface area (Å²) in [6.45, 7) is 9.35. The highest BCUT2D eigenvalue weighted by atomic mass is 127. The smallest absolute Gasteiger partial charge is 0.191 e. The van der Waals surface area contributed by atoms with Crippen molar-refractivity contribution >= 4 is 29.9 Å². The second kappa shape index (κ2) is 12.0. The predicted molar refractivity (Wildman–Crippen MR) is 127 cm³/mol. The molecule has 0 radical (unpaired) electrons. The Morgan fingerprint density at radius 1 is 1.17 bits per heavy atom. The molecule has 0 aliphatic carbocycles. The molecule has 0 saturated carbocycles. The van der Waals surface area contributed by atoms with Crippen LogP contribution in [-0.4, -0.2) is 30.8 Å². The van der Waals surface area contributed by atoms with Gasteiger partial charge in [0.1, 0.15) is 12.3 Å². The first-order valence-corrected chi connectivity index (χ1v) is 10.5. The lowest BCUT2D eigenvalue weighted by molar-refractivity contribution is 0.357. The number of nitrogens with one attached hydrogen (secondary N) is 2. The van der Waals surface area contributed by atoms with Gasteiger partial charge in [-0.3, -0.25) is 0 Å². The fourth-order valence-corrected chi connectivity index (χ4v) is 3.52. The molecule has 160 valence electrons. The van der Waals surface area contributed by atoms with Crippen LogP contribution in [0.2, 0.25) is 0 Å². The van der Waals surface area contributed by atoms with Gasteiger partial charge in [-0.05, 0) is 43.4 Å². The van der Waals surface area contributed by atoms with E-state index in [2.05, 4.69) is 59.8 Å². The van der Waals surface area contributed by atoms with Crippen LogP contribution in [0.5, 0.6) is 5.75 Å². The number of rotatable bonds is 9. The van der Waals surface area contributed by atoms with Crippen molar-refractivity contribution in [1.82, 2.24) is 15.8 Å². The molecule has 0 fully saturated rings. The molecule has 3 rings (SSSR count). The number of fused-ring (bicyclic) bond motifs is 1. The van der Waals surface area contributed by atoms with Crippen LogP contribution in [0.3, 0.4) is 0 Å². The molecule has 1 aliphatic rings. The van der Waals surface area contributed by atoms with Crippen molar-refractivity contribution in [2.24, 2.45) is 4.99 Å². The quantitative estimate of drug-likeness (QED) is 0.296. The number of ether oxygens (including phenoxy) is 1. The van der Waals surface area contributed by atoms with Gasteiger partial charge in [0.25, 0.3) is 0 Å². The normalized spacial score (nSPS) is 13.0. The molecule has 2 aromatic rings. The van der Waals surface area contributed by atoms with Gasteiger partial charge in [-0.25, -0.2) is 4.99 Å². The third-order valence-electron chi connectivity index (χ3n) is 5.18. The number of aliphatic imine (C=N–C) groups is 1. The second-order valence-electron chi connectivity index (χ2n) is 7.14. The van der Waals surface area contributed by atoms with Crippen LogP contribution >= 0.6 is 24.0 Å². The molecule has 2 N–H and O–H groups in total. The number of guanidine groups is 1. The molecule has 0 spiro atoms. The summed E-state index contributed by atoms with van der Waals surface area (Å²) in [5.74, 6) is 3.10. The van der Waals surface area contributed by atoms with Crippen molar-refractivity contribution in [2.75, 3.05) is 19.7 Å². The summed E-state index contributed by atoms with van der Waals surface area (Å²) in [6, 6.07) is 8.52. The SMILES string of the molecule is CCNC(=NCc1cc(C(CC)CC)no1)NCCc1ccc2c(c1)CCO2.I. The number of halogens is 1. The van der Waals surface area contributed by atoms with Crippen LogP contribution in [0.15, 0.2) is 33.8 Å². The van der Waals surface area contributed by atoms with Gasteiger partial charge in [-0.15, -0.1) is 24.0 Å². The summed E-state index contributed by atoms with van der Waals surface area (Å²) in [4.78, 5) is 4.64. The second-order valence-corrected chi connectivity index (χ2v) is 7.14. The average Bonchev–Trinajstić information content (AvgIpc) is 3.36.